The van der Waals surface area contributed by atoms with E-state index >= 15 is 0 Å². The molecule has 0 spiro atoms. The molecule has 0 saturated carbocycles. The van der Waals surface area contributed by atoms with E-state index in [1.165, 1.54) is 51.7 Å². The van der Waals surface area contributed by atoms with E-state index in [1.807, 2.05) is 22.7 Å². The number of nitrogens with zero attached hydrogens (tertiary/aromatic N) is 2. The van der Waals surface area contributed by atoms with Crippen LogP contribution in [0.5, 0.6) is 0 Å². The van der Waals surface area contributed by atoms with Crippen LogP contribution >= 0.6 is 22.7 Å². The minimum Gasteiger partial charge on any atom is -0.453 e. The van der Waals surface area contributed by atoms with E-state index in [9.17, 15) is 0 Å². The zero-order valence-corrected chi connectivity index (χ0v) is 21.8. The minimum absolute atomic E-state index is 0.909. The van der Waals surface area contributed by atoms with Crippen LogP contribution in [0.1, 0.15) is 11.1 Å². The number of fused-ring (bicyclic) bond motifs is 14. The Morgan fingerprint density at radius 2 is 1.00 bits per heavy atom. The summed E-state index contributed by atoms with van der Waals surface area (Å²) in [7, 11) is 4.30. The Morgan fingerprint density at radius 3 is 1.44 bits per heavy atom. The third-order valence-corrected chi connectivity index (χ3v) is 10.1. The van der Waals surface area contributed by atoms with E-state index in [0.717, 1.165) is 44.1 Å². The van der Waals surface area contributed by atoms with Crippen molar-refractivity contribution >= 4 is 107 Å². The van der Waals surface area contributed by atoms with Gasteiger partial charge in [0.15, 0.2) is 11.2 Å². The van der Waals surface area contributed by atoms with Gasteiger partial charge in [0, 0.05) is 45.0 Å². The zero-order valence-electron chi connectivity index (χ0n) is 20.1. The molecule has 6 heterocycles. The molecule has 0 aliphatic heterocycles. The monoisotopic (exact) mass is 504 g/mol. The van der Waals surface area contributed by atoms with Crippen LogP contribution in [0.25, 0.3) is 84.7 Å². The van der Waals surface area contributed by atoms with Crippen molar-refractivity contribution in [1.82, 2.24) is 9.13 Å². The van der Waals surface area contributed by atoms with Crippen LogP contribution in [0.2, 0.25) is 0 Å². The second-order valence-electron chi connectivity index (χ2n) is 10.1. The van der Waals surface area contributed by atoms with Gasteiger partial charge in [-0.15, -0.1) is 22.7 Å². The van der Waals surface area contributed by atoms with Gasteiger partial charge >= 0.3 is 0 Å². The maximum absolute atomic E-state index is 6.59. The second kappa shape index (κ2) is 6.14. The molecule has 3 aromatic carbocycles. The molecule has 0 atom stereocenters. The van der Waals surface area contributed by atoms with Crippen LogP contribution in [0.4, 0.5) is 0 Å². The first kappa shape index (κ1) is 19.4. The second-order valence-corrected chi connectivity index (χ2v) is 12.2. The molecule has 0 fully saturated rings. The van der Waals surface area contributed by atoms with Crippen molar-refractivity contribution < 1.29 is 8.83 Å². The van der Waals surface area contributed by atoms with E-state index in [0.29, 0.717) is 0 Å². The minimum atomic E-state index is 0.909. The molecule has 36 heavy (non-hydrogen) atoms. The van der Waals surface area contributed by atoms with Gasteiger partial charge in [0.05, 0.1) is 31.5 Å². The molecular formula is C30H20N2O2S2. The molecule has 6 heteroatoms. The number of aromatic nitrogens is 2. The summed E-state index contributed by atoms with van der Waals surface area (Å²) >= 11 is 3.64. The van der Waals surface area contributed by atoms with Crippen LogP contribution in [0, 0.1) is 13.8 Å². The third kappa shape index (κ3) is 2.13. The van der Waals surface area contributed by atoms with Crippen LogP contribution in [-0.4, -0.2) is 9.13 Å². The van der Waals surface area contributed by atoms with Crippen molar-refractivity contribution in [3.8, 4) is 0 Å². The molecule has 0 N–H and O–H groups in total. The number of hydrogen-bond donors (Lipinski definition) is 0. The SMILES string of the molecule is Cc1ccc2c(c1)sc1c3oc4cc5c(cc4c3n(C)c21)oc1c2sc3cc(C)ccc3c2n(C)c51. The Labute approximate surface area is 212 Å². The number of furan rings is 2. The van der Waals surface area contributed by atoms with E-state index in [4.69, 9.17) is 8.83 Å². The lowest BCUT2D eigenvalue weighted by Gasteiger charge is -2.00. The highest BCUT2D eigenvalue weighted by Gasteiger charge is 2.24. The predicted octanol–water partition coefficient (Wildman–Crippen LogP) is 9.52. The maximum Gasteiger partial charge on any atom is 0.171 e. The maximum atomic E-state index is 6.59. The van der Waals surface area contributed by atoms with Crippen molar-refractivity contribution in [2.24, 2.45) is 14.1 Å². The Morgan fingerprint density at radius 1 is 0.556 bits per heavy atom. The highest BCUT2D eigenvalue weighted by atomic mass is 32.1. The summed E-state index contributed by atoms with van der Waals surface area (Å²) in [5.41, 5.74) is 11.1. The molecule has 0 amide bonds. The largest absolute Gasteiger partial charge is 0.453 e. The lowest BCUT2D eigenvalue weighted by molar-refractivity contribution is 0.668. The summed E-state index contributed by atoms with van der Waals surface area (Å²) in [6.07, 6.45) is 0. The summed E-state index contributed by atoms with van der Waals surface area (Å²) < 4.78 is 22.8. The molecule has 0 bridgehead atoms. The number of aryl methyl sites for hydroxylation is 4. The van der Waals surface area contributed by atoms with Gasteiger partial charge < -0.3 is 18.0 Å². The van der Waals surface area contributed by atoms with Crippen molar-refractivity contribution in [1.29, 1.82) is 0 Å². The number of thiophene rings is 2. The number of rotatable bonds is 0. The first-order valence-electron chi connectivity index (χ1n) is 12.1. The topological polar surface area (TPSA) is 36.1 Å². The van der Waals surface area contributed by atoms with Crippen molar-refractivity contribution in [2.45, 2.75) is 13.8 Å². The molecule has 4 nitrogen and oxygen atoms in total. The predicted molar refractivity (Wildman–Crippen MR) is 154 cm³/mol. The van der Waals surface area contributed by atoms with Gasteiger partial charge in [0.2, 0.25) is 0 Å². The smallest absolute Gasteiger partial charge is 0.171 e. The first-order chi connectivity index (χ1) is 17.5. The van der Waals surface area contributed by atoms with Crippen molar-refractivity contribution in [3.63, 3.8) is 0 Å². The van der Waals surface area contributed by atoms with E-state index in [2.05, 4.69) is 85.6 Å². The molecule has 174 valence electrons. The van der Waals surface area contributed by atoms with Gasteiger partial charge in [-0.3, -0.25) is 0 Å². The fourth-order valence-electron chi connectivity index (χ4n) is 6.21. The average molecular weight is 505 g/mol. The van der Waals surface area contributed by atoms with Crippen LogP contribution in [0.3, 0.4) is 0 Å². The molecule has 0 radical (unpaired) electrons. The highest BCUT2D eigenvalue weighted by molar-refractivity contribution is 7.27. The van der Waals surface area contributed by atoms with E-state index < -0.39 is 0 Å². The number of benzene rings is 3. The van der Waals surface area contributed by atoms with Crippen LogP contribution in [-0.2, 0) is 14.1 Å². The van der Waals surface area contributed by atoms with Gasteiger partial charge in [0.25, 0.3) is 0 Å². The molecule has 0 saturated heterocycles. The Balaban J connectivity index is 1.40. The molecule has 9 aromatic rings. The summed E-state index contributed by atoms with van der Waals surface area (Å²) in [4.78, 5) is 0. The fraction of sp³-hybridized carbons (Fsp3) is 0.133. The van der Waals surface area contributed by atoms with Crippen LogP contribution < -0.4 is 0 Å². The summed E-state index contributed by atoms with van der Waals surface area (Å²) in [5.74, 6) is 0. The average Bonchev–Trinajstić information content (AvgIpc) is 3.64. The molecular weight excluding hydrogens is 484 g/mol. The molecule has 0 aliphatic rings. The summed E-state index contributed by atoms with van der Waals surface area (Å²) in [5, 5.41) is 4.78. The summed E-state index contributed by atoms with van der Waals surface area (Å²) in [6.45, 7) is 4.29. The normalized spacial score (nSPS) is 13.0. The Bertz CT molecular complexity index is 2240. The van der Waals surface area contributed by atoms with Gasteiger partial charge in [-0.25, -0.2) is 0 Å². The summed E-state index contributed by atoms with van der Waals surface area (Å²) in [6, 6.07) is 17.7. The van der Waals surface area contributed by atoms with Gasteiger partial charge in [-0.05, 0) is 49.2 Å². The van der Waals surface area contributed by atoms with Gasteiger partial charge in [-0.1, -0.05) is 24.3 Å². The van der Waals surface area contributed by atoms with Crippen molar-refractivity contribution in [2.75, 3.05) is 0 Å². The van der Waals surface area contributed by atoms with Crippen molar-refractivity contribution in [3.05, 3.63) is 59.7 Å². The lowest BCUT2D eigenvalue weighted by atomic mass is 10.2. The van der Waals surface area contributed by atoms with E-state index in [1.54, 1.807) is 0 Å². The molecule has 0 aliphatic carbocycles. The molecule has 6 aromatic heterocycles. The number of hydrogen-bond acceptors (Lipinski definition) is 4. The fourth-order valence-corrected chi connectivity index (χ4v) is 8.84. The first-order valence-corrected chi connectivity index (χ1v) is 13.7. The standard InChI is InChI=1S/C30H20N2O2S2/c1-13-5-7-15-21(9-13)35-29-25(15)31(3)23-17-11-20-18(12-19(17)33-27(23)29)24-28(34-20)30-26(32(24)4)16-8-6-14(2)10-22(16)36-30/h5-12H,1-4H3. The van der Waals surface area contributed by atoms with E-state index in [-0.39, 0.29) is 0 Å². The Kier molecular flexibility index (Phi) is 3.32. The van der Waals surface area contributed by atoms with Gasteiger partial charge in [-0.2, -0.15) is 0 Å². The molecule has 9 rings (SSSR count). The van der Waals surface area contributed by atoms with Gasteiger partial charge in [0.1, 0.15) is 11.2 Å². The van der Waals surface area contributed by atoms with Crippen LogP contribution in [0.15, 0.2) is 57.4 Å². The lowest BCUT2D eigenvalue weighted by Crippen LogP contribution is -1.87. The zero-order chi connectivity index (χ0) is 24.0. The Hall–Kier alpha value is -3.74. The quantitative estimate of drug-likeness (QED) is 0.206. The highest BCUT2D eigenvalue weighted by Crippen LogP contribution is 2.47. The molecule has 0 unspecified atom stereocenters. The third-order valence-electron chi connectivity index (χ3n) is 7.84.